The van der Waals surface area contributed by atoms with Gasteiger partial charge in [0.2, 0.25) is 0 Å². The quantitative estimate of drug-likeness (QED) is 0.636. The number of rotatable bonds is 3. The van der Waals surface area contributed by atoms with E-state index in [2.05, 4.69) is 11.0 Å². The van der Waals surface area contributed by atoms with E-state index in [0.717, 1.165) is 43.5 Å². The molecular formula is C18H23NO3. The van der Waals surface area contributed by atoms with E-state index in [1.165, 1.54) is 5.56 Å². The molecule has 118 valence electrons. The van der Waals surface area contributed by atoms with Crippen molar-refractivity contribution in [1.82, 2.24) is 4.90 Å². The smallest absolute Gasteiger partial charge is 0.323 e. The Morgan fingerprint density at radius 1 is 1.18 bits per heavy atom. The lowest BCUT2D eigenvalue weighted by atomic mass is 9.86. The van der Waals surface area contributed by atoms with Gasteiger partial charge in [0.15, 0.2) is 5.78 Å². The molecule has 2 aliphatic rings. The van der Waals surface area contributed by atoms with Gasteiger partial charge in [0.25, 0.3) is 0 Å². The minimum absolute atomic E-state index is 0.0788. The molecule has 2 saturated heterocycles. The predicted octanol–water partition coefficient (Wildman–Crippen LogP) is 2.51. The average Bonchev–Trinajstić information content (AvgIpc) is 2.93. The Hall–Kier alpha value is -1.68. The van der Waals surface area contributed by atoms with Crippen LogP contribution < -0.4 is 0 Å². The number of aryl methyl sites for hydroxylation is 2. The molecule has 2 aliphatic heterocycles. The molecule has 0 amide bonds. The molecule has 22 heavy (non-hydrogen) atoms. The lowest BCUT2D eigenvalue weighted by Crippen LogP contribution is -2.44. The van der Waals surface area contributed by atoms with Crippen molar-refractivity contribution in [1.29, 1.82) is 0 Å². The van der Waals surface area contributed by atoms with Gasteiger partial charge in [0, 0.05) is 17.9 Å². The summed E-state index contributed by atoms with van der Waals surface area (Å²) >= 11 is 0. The van der Waals surface area contributed by atoms with E-state index in [9.17, 15) is 9.59 Å². The van der Waals surface area contributed by atoms with Gasteiger partial charge in [-0.05, 0) is 45.3 Å². The van der Waals surface area contributed by atoms with E-state index in [1.54, 1.807) is 0 Å². The first-order valence-electron chi connectivity index (χ1n) is 8.08. The monoisotopic (exact) mass is 301 g/mol. The lowest BCUT2D eigenvalue weighted by Gasteiger charge is -2.33. The van der Waals surface area contributed by atoms with Crippen LogP contribution in [-0.4, -0.2) is 42.4 Å². The topological polar surface area (TPSA) is 46.6 Å². The summed E-state index contributed by atoms with van der Waals surface area (Å²) in [4.78, 5) is 26.6. The molecule has 0 unspecified atom stereocenters. The molecule has 0 N–H and O–H groups in total. The van der Waals surface area contributed by atoms with Crippen molar-refractivity contribution in [3.63, 3.8) is 0 Å². The minimum atomic E-state index is -0.0980. The first-order valence-corrected chi connectivity index (χ1v) is 8.08. The molecule has 4 heteroatoms. The number of hydrogen-bond acceptors (Lipinski definition) is 4. The maximum atomic E-state index is 12.7. The fraction of sp³-hybridized carbons (Fsp3) is 0.556. The summed E-state index contributed by atoms with van der Waals surface area (Å²) < 4.78 is 5.04. The largest absolute Gasteiger partial charge is 0.464 e. The minimum Gasteiger partial charge on any atom is -0.464 e. The van der Waals surface area contributed by atoms with E-state index in [4.69, 9.17) is 4.74 Å². The summed E-state index contributed by atoms with van der Waals surface area (Å²) in [6.45, 7) is 6.19. The standard InChI is InChI=1S/C18H23NO3/c1-12-3-4-15(13(2)11-12)17(20)14-5-8-19(9-6-14)16-7-10-22-18(16)21/h3-4,11,14,16H,5-10H2,1-2H3/t16-/m0/s1. The highest BCUT2D eigenvalue weighted by Gasteiger charge is 2.36. The highest BCUT2D eigenvalue weighted by Crippen LogP contribution is 2.26. The molecule has 2 fully saturated rings. The summed E-state index contributed by atoms with van der Waals surface area (Å²) in [5, 5.41) is 0. The summed E-state index contributed by atoms with van der Waals surface area (Å²) in [6.07, 6.45) is 2.44. The van der Waals surface area contributed by atoms with Crippen LogP contribution in [0.25, 0.3) is 0 Å². The Kier molecular flexibility index (Phi) is 4.30. The third-order valence-corrected chi connectivity index (χ3v) is 4.90. The summed E-state index contributed by atoms with van der Waals surface area (Å²) in [7, 11) is 0. The van der Waals surface area contributed by atoms with E-state index >= 15 is 0 Å². The van der Waals surface area contributed by atoms with E-state index in [1.807, 2.05) is 26.0 Å². The zero-order chi connectivity index (χ0) is 15.7. The summed E-state index contributed by atoms with van der Waals surface area (Å²) in [5.41, 5.74) is 3.10. The molecule has 0 aliphatic carbocycles. The molecule has 0 saturated carbocycles. The number of likely N-dealkylation sites (tertiary alicyclic amines) is 1. The second-order valence-electron chi connectivity index (χ2n) is 6.46. The van der Waals surface area contributed by atoms with Crippen LogP contribution in [0.3, 0.4) is 0 Å². The number of carbonyl (C=O) groups excluding carboxylic acids is 2. The van der Waals surface area contributed by atoms with Crippen LogP contribution >= 0.6 is 0 Å². The number of hydrogen-bond donors (Lipinski definition) is 0. The van der Waals surface area contributed by atoms with Crippen LogP contribution in [0.2, 0.25) is 0 Å². The number of Topliss-reactive ketones (excluding diaryl/α,β-unsaturated/α-hetero) is 1. The van der Waals surface area contributed by atoms with Crippen molar-refractivity contribution in [3.05, 3.63) is 34.9 Å². The highest BCUT2D eigenvalue weighted by atomic mass is 16.5. The van der Waals surface area contributed by atoms with Gasteiger partial charge in [-0.3, -0.25) is 14.5 Å². The Bertz CT molecular complexity index is 588. The SMILES string of the molecule is Cc1ccc(C(=O)C2CCN([C@H]3CCOC3=O)CC2)c(C)c1. The fourth-order valence-electron chi connectivity index (χ4n) is 3.60. The molecule has 1 aromatic carbocycles. The van der Waals surface area contributed by atoms with Crippen molar-refractivity contribution >= 4 is 11.8 Å². The third kappa shape index (κ3) is 2.93. The Balaban J connectivity index is 1.63. The Morgan fingerprint density at radius 3 is 2.50 bits per heavy atom. The van der Waals surface area contributed by atoms with Crippen LogP contribution in [0.1, 0.15) is 40.7 Å². The molecule has 3 rings (SSSR count). The number of esters is 1. The number of benzene rings is 1. The van der Waals surface area contributed by atoms with Crippen molar-refractivity contribution in [2.24, 2.45) is 5.92 Å². The van der Waals surface area contributed by atoms with Crippen molar-refractivity contribution in [2.45, 2.75) is 39.2 Å². The normalized spacial score (nSPS) is 23.5. The number of carbonyl (C=O) groups is 2. The van der Waals surface area contributed by atoms with Gasteiger partial charge in [0.1, 0.15) is 6.04 Å². The maximum Gasteiger partial charge on any atom is 0.323 e. The van der Waals surface area contributed by atoms with Gasteiger partial charge in [-0.1, -0.05) is 23.8 Å². The number of piperidine rings is 1. The summed E-state index contributed by atoms with van der Waals surface area (Å²) in [5.74, 6) is 0.236. The second-order valence-corrected chi connectivity index (χ2v) is 6.46. The van der Waals surface area contributed by atoms with E-state index < -0.39 is 0 Å². The molecule has 0 bridgehead atoms. The third-order valence-electron chi connectivity index (χ3n) is 4.90. The molecule has 0 radical (unpaired) electrons. The molecular weight excluding hydrogens is 278 g/mol. The van der Waals surface area contributed by atoms with Crippen LogP contribution in [0.4, 0.5) is 0 Å². The van der Waals surface area contributed by atoms with Gasteiger partial charge < -0.3 is 4.74 Å². The van der Waals surface area contributed by atoms with Crippen LogP contribution in [-0.2, 0) is 9.53 Å². The van der Waals surface area contributed by atoms with Crippen LogP contribution in [0.15, 0.2) is 18.2 Å². The van der Waals surface area contributed by atoms with E-state index in [-0.39, 0.29) is 23.7 Å². The molecule has 4 nitrogen and oxygen atoms in total. The second kappa shape index (κ2) is 6.21. The van der Waals surface area contributed by atoms with Crippen molar-refractivity contribution in [2.75, 3.05) is 19.7 Å². The molecule has 0 spiro atoms. The van der Waals surface area contributed by atoms with Gasteiger partial charge in [-0.15, -0.1) is 0 Å². The Labute approximate surface area is 131 Å². The van der Waals surface area contributed by atoms with Crippen LogP contribution in [0.5, 0.6) is 0 Å². The molecule has 2 heterocycles. The number of nitrogens with zero attached hydrogens (tertiary/aromatic N) is 1. The zero-order valence-electron chi connectivity index (χ0n) is 13.3. The fourth-order valence-corrected chi connectivity index (χ4v) is 3.60. The van der Waals surface area contributed by atoms with Crippen molar-refractivity contribution in [3.8, 4) is 0 Å². The first kappa shape index (κ1) is 15.2. The summed E-state index contributed by atoms with van der Waals surface area (Å²) in [6, 6.07) is 5.94. The van der Waals surface area contributed by atoms with Gasteiger partial charge in [0.05, 0.1) is 6.61 Å². The molecule has 1 atom stereocenters. The predicted molar refractivity (Wildman–Crippen MR) is 83.9 cm³/mol. The van der Waals surface area contributed by atoms with Gasteiger partial charge in [-0.2, -0.15) is 0 Å². The average molecular weight is 301 g/mol. The van der Waals surface area contributed by atoms with Gasteiger partial charge in [-0.25, -0.2) is 0 Å². The van der Waals surface area contributed by atoms with Gasteiger partial charge >= 0.3 is 5.97 Å². The zero-order valence-corrected chi connectivity index (χ0v) is 13.3. The van der Waals surface area contributed by atoms with Crippen LogP contribution in [0, 0.1) is 19.8 Å². The lowest BCUT2D eigenvalue weighted by molar-refractivity contribution is -0.142. The Morgan fingerprint density at radius 2 is 1.91 bits per heavy atom. The number of ketones is 1. The van der Waals surface area contributed by atoms with Crippen molar-refractivity contribution < 1.29 is 14.3 Å². The van der Waals surface area contributed by atoms with E-state index in [0.29, 0.717) is 6.61 Å². The maximum absolute atomic E-state index is 12.7. The number of ether oxygens (including phenoxy) is 1. The number of cyclic esters (lactones) is 1. The highest BCUT2D eigenvalue weighted by molar-refractivity contribution is 5.99. The first-order chi connectivity index (χ1) is 10.6. The molecule has 1 aromatic rings. The molecule has 0 aromatic heterocycles.